The molecule has 0 aliphatic rings. The van der Waals surface area contributed by atoms with Gasteiger partial charge < -0.3 is 20.3 Å². The predicted octanol–water partition coefficient (Wildman–Crippen LogP) is 1.90. The summed E-state index contributed by atoms with van der Waals surface area (Å²) in [4.78, 5) is 0. The third kappa shape index (κ3) is 4.55. The third-order valence-corrected chi connectivity index (χ3v) is 2.96. The van der Waals surface area contributed by atoms with E-state index >= 15 is 0 Å². The Kier molecular flexibility index (Phi) is 5.95. The van der Waals surface area contributed by atoms with Crippen molar-refractivity contribution in [2.24, 2.45) is 5.92 Å². The van der Waals surface area contributed by atoms with E-state index in [1.54, 1.807) is 12.1 Å². The molecule has 0 spiro atoms. The van der Waals surface area contributed by atoms with Gasteiger partial charge in [0.25, 0.3) is 0 Å². The van der Waals surface area contributed by atoms with Crippen LogP contribution < -0.4 is 10.1 Å². The number of phenolic OH excluding ortho intramolecular Hbond substituents is 1. The van der Waals surface area contributed by atoms with E-state index in [9.17, 15) is 10.2 Å². The monoisotopic (exact) mass is 253 g/mol. The molecule has 102 valence electrons. The van der Waals surface area contributed by atoms with Crippen molar-refractivity contribution in [1.29, 1.82) is 0 Å². The fraction of sp³-hybridized carbons (Fsp3) is 0.571. The molecule has 1 aromatic carbocycles. The Hall–Kier alpha value is -1.26. The summed E-state index contributed by atoms with van der Waals surface area (Å²) in [7, 11) is 1.53. The van der Waals surface area contributed by atoms with E-state index in [-0.39, 0.29) is 17.8 Å². The lowest BCUT2D eigenvalue weighted by Crippen LogP contribution is -2.23. The van der Waals surface area contributed by atoms with Crippen LogP contribution in [0.4, 0.5) is 0 Å². The van der Waals surface area contributed by atoms with Crippen LogP contribution in [-0.2, 0) is 6.54 Å². The summed E-state index contributed by atoms with van der Waals surface area (Å²) >= 11 is 0. The Morgan fingerprint density at radius 3 is 2.61 bits per heavy atom. The van der Waals surface area contributed by atoms with Gasteiger partial charge in [-0.2, -0.15) is 0 Å². The van der Waals surface area contributed by atoms with Crippen LogP contribution in [-0.4, -0.2) is 30.0 Å². The zero-order valence-electron chi connectivity index (χ0n) is 11.3. The molecule has 4 nitrogen and oxygen atoms in total. The maximum absolute atomic E-state index is 9.64. The summed E-state index contributed by atoms with van der Waals surface area (Å²) < 4.78 is 4.98. The molecule has 1 aromatic rings. The zero-order valence-corrected chi connectivity index (χ0v) is 11.3. The first kappa shape index (κ1) is 14.8. The van der Waals surface area contributed by atoms with Crippen LogP contribution in [0.2, 0.25) is 0 Å². The van der Waals surface area contributed by atoms with Gasteiger partial charge in [0.15, 0.2) is 11.5 Å². The molecule has 3 N–H and O–H groups in total. The molecule has 0 heterocycles. The highest BCUT2D eigenvalue weighted by Gasteiger charge is 2.08. The first-order valence-corrected chi connectivity index (χ1v) is 6.29. The van der Waals surface area contributed by atoms with Crippen molar-refractivity contribution in [3.63, 3.8) is 0 Å². The van der Waals surface area contributed by atoms with Crippen molar-refractivity contribution in [1.82, 2.24) is 5.32 Å². The number of nitrogens with one attached hydrogen (secondary N) is 1. The highest BCUT2D eigenvalue weighted by atomic mass is 16.5. The topological polar surface area (TPSA) is 61.7 Å². The number of ether oxygens (including phenoxy) is 1. The number of aliphatic hydroxyl groups excluding tert-OH is 1. The highest BCUT2D eigenvalue weighted by Crippen LogP contribution is 2.25. The molecule has 1 rings (SSSR count). The highest BCUT2D eigenvalue weighted by molar-refractivity contribution is 5.41. The zero-order chi connectivity index (χ0) is 13.5. The lowest BCUT2D eigenvalue weighted by molar-refractivity contribution is 0.116. The molecule has 0 aromatic heterocycles. The van der Waals surface area contributed by atoms with Gasteiger partial charge in [0, 0.05) is 6.54 Å². The molecular formula is C14H23NO3. The standard InChI is InChI=1S/C14H23NO3/c1-10(2)12(16)6-7-15-9-11-4-5-14(18-3)13(17)8-11/h4-5,8,10,12,15-17H,6-7,9H2,1-3H3. The minimum absolute atomic E-state index is 0.152. The van der Waals surface area contributed by atoms with Gasteiger partial charge in [0.1, 0.15) is 0 Å². The van der Waals surface area contributed by atoms with Crippen LogP contribution in [0.1, 0.15) is 25.8 Å². The number of aliphatic hydroxyl groups is 1. The molecule has 18 heavy (non-hydrogen) atoms. The summed E-state index contributed by atoms with van der Waals surface area (Å²) in [6.45, 7) is 5.44. The molecule has 4 heteroatoms. The van der Waals surface area contributed by atoms with Gasteiger partial charge in [0.05, 0.1) is 13.2 Å². The number of benzene rings is 1. The van der Waals surface area contributed by atoms with Gasteiger partial charge in [-0.3, -0.25) is 0 Å². The average Bonchev–Trinajstić information content (AvgIpc) is 2.34. The van der Waals surface area contributed by atoms with Gasteiger partial charge in [-0.05, 0) is 36.6 Å². The first-order chi connectivity index (χ1) is 8.54. The van der Waals surface area contributed by atoms with Gasteiger partial charge in [-0.25, -0.2) is 0 Å². The number of methoxy groups -OCH3 is 1. The van der Waals surface area contributed by atoms with Crippen molar-refractivity contribution in [3.05, 3.63) is 23.8 Å². The Labute approximate surface area is 109 Å². The van der Waals surface area contributed by atoms with Crippen LogP contribution in [0, 0.1) is 5.92 Å². The Bertz CT molecular complexity index is 366. The van der Waals surface area contributed by atoms with Crippen LogP contribution in [0.25, 0.3) is 0 Å². The number of phenols is 1. The summed E-state index contributed by atoms with van der Waals surface area (Å²) in [6, 6.07) is 5.34. The van der Waals surface area contributed by atoms with Gasteiger partial charge in [-0.1, -0.05) is 19.9 Å². The van der Waals surface area contributed by atoms with Crippen molar-refractivity contribution in [2.75, 3.05) is 13.7 Å². The molecule has 0 radical (unpaired) electrons. The van der Waals surface area contributed by atoms with Crippen LogP contribution in [0.3, 0.4) is 0 Å². The normalized spacial score (nSPS) is 12.7. The third-order valence-electron chi connectivity index (χ3n) is 2.96. The summed E-state index contributed by atoms with van der Waals surface area (Å²) in [5.74, 6) is 0.921. The minimum Gasteiger partial charge on any atom is -0.504 e. The summed E-state index contributed by atoms with van der Waals surface area (Å²) in [6.07, 6.45) is 0.474. The van der Waals surface area contributed by atoms with E-state index in [0.29, 0.717) is 12.3 Å². The van der Waals surface area contributed by atoms with E-state index < -0.39 is 0 Å². The van der Waals surface area contributed by atoms with Gasteiger partial charge in [-0.15, -0.1) is 0 Å². The predicted molar refractivity (Wildman–Crippen MR) is 71.8 cm³/mol. The Morgan fingerprint density at radius 1 is 1.33 bits per heavy atom. The number of hydrogen-bond acceptors (Lipinski definition) is 4. The molecule has 0 aliphatic carbocycles. The fourth-order valence-electron chi connectivity index (χ4n) is 1.66. The number of aromatic hydroxyl groups is 1. The largest absolute Gasteiger partial charge is 0.504 e. The molecule has 0 saturated heterocycles. The van der Waals surface area contributed by atoms with E-state index in [1.807, 2.05) is 19.9 Å². The SMILES string of the molecule is COc1ccc(CNCCC(O)C(C)C)cc1O. The molecule has 1 unspecified atom stereocenters. The molecule has 0 aliphatic heterocycles. The molecule has 0 saturated carbocycles. The van der Waals surface area contributed by atoms with E-state index in [1.165, 1.54) is 7.11 Å². The summed E-state index contributed by atoms with van der Waals surface area (Å²) in [5, 5.41) is 22.5. The van der Waals surface area contributed by atoms with Crippen LogP contribution >= 0.6 is 0 Å². The smallest absolute Gasteiger partial charge is 0.160 e. The van der Waals surface area contributed by atoms with Crippen molar-refractivity contribution < 1.29 is 14.9 Å². The minimum atomic E-state index is -0.262. The van der Waals surface area contributed by atoms with E-state index in [0.717, 1.165) is 18.5 Å². The number of hydrogen-bond donors (Lipinski definition) is 3. The fourth-order valence-corrected chi connectivity index (χ4v) is 1.66. The van der Waals surface area contributed by atoms with Crippen LogP contribution in [0.15, 0.2) is 18.2 Å². The molecule has 1 atom stereocenters. The maximum Gasteiger partial charge on any atom is 0.160 e. The number of rotatable bonds is 7. The Balaban J connectivity index is 2.33. The molecule has 0 fully saturated rings. The maximum atomic E-state index is 9.64. The molecular weight excluding hydrogens is 230 g/mol. The second-order valence-electron chi connectivity index (χ2n) is 4.78. The lowest BCUT2D eigenvalue weighted by atomic mass is 10.0. The molecule has 0 bridgehead atoms. The van der Waals surface area contributed by atoms with Crippen LogP contribution in [0.5, 0.6) is 11.5 Å². The molecule has 0 amide bonds. The second kappa shape index (κ2) is 7.24. The van der Waals surface area contributed by atoms with E-state index in [4.69, 9.17) is 4.74 Å². The Morgan fingerprint density at radius 2 is 2.06 bits per heavy atom. The average molecular weight is 253 g/mol. The summed E-state index contributed by atoms with van der Waals surface area (Å²) in [5.41, 5.74) is 0.993. The lowest BCUT2D eigenvalue weighted by Gasteiger charge is -2.14. The first-order valence-electron chi connectivity index (χ1n) is 6.29. The van der Waals surface area contributed by atoms with E-state index in [2.05, 4.69) is 5.32 Å². The quantitative estimate of drug-likeness (QED) is 0.649. The van der Waals surface area contributed by atoms with Gasteiger partial charge in [0.2, 0.25) is 0 Å². The van der Waals surface area contributed by atoms with Crippen molar-refractivity contribution in [2.45, 2.75) is 32.9 Å². The van der Waals surface area contributed by atoms with Gasteiger partial charge >= 0.3 is 0 Å². The van der Waals surface area contributed by atoms with Crippen molar-refractivity contribution >= 4 is 0 Å². The van der Waals surface area contributed by atoms with Crippen molar-refractivity contribution in [3.8, 4) is 11.5 Å². The second-order valence-corrected chi connectivity index (χ2v) is 4.78.